The van der Waals surface area contributed by atoms with Crippen LogP contribution in [-0.2, 0) is 7.05 Å². The zero-order valence-electron chi connectivity index (χ0n) is 10.1. The average Bonchev–Trinajstić information content (AvgIpc) is 2.81. The summed E-state index contributed by atoms with van der Waals surface area (Å²) in [4.78, 5) is 14.5. The molecule has 0 spiro atoms. The van der Waals surface area contributed by atoms with Gasteiger partial charge in [0.25, 0.3) is 5.69 Å². The molecule has 0 aliphatic heterocycles. The van der Waals surface area contributed by atoms with Gasteiger partial charge in [-0.2, -0.15) is 0 Å². The van der Waals surface area contributed by atoms with Crippen molar-refractivity contribution in [2.75, 3.05) is 0 Å². The molecule has 1 aromatic carbocycles. The summed E-state index contributed by atoms with van der Waals surface area (Å²) >= 11 is 0. The van der Waals surface area contributed by atoms with Crippen LogP contribution in [0, 0.1) is 10.1 Å². The van der Waals surface area contributed by atoms with Crippen molar-refractivity contribution in [1.82, 2.24) is 4.98 Å². The minimum absolute atomic E-state index is 0.00553. The molecule has 19 heavy (non-hydrogen) atoms. The first-order chi connectivity index (χ1) is 9.13. The molecule has 0 bridgehead atoms. The molecule has 3 aromatic rings. The van der Waals surface area contributed by atoms with Gasteiger partial charge in [-0.1, -0.05) is 0 Å². The fourth-order valence-corrected chi connectivity index (χ4v) is 1.87. The number of non-ortho nitro benzene ring substituents is 1. The van der Waals surface area contributed by atoms with Crippen LogP contribution in [-0.4, -0.2) is 9.91 Å². The van der Waals surface area contributed by atoms with Crippen LogP contribution >= 0.6 is 0 Å². The Morgan fingerprint density at radius 3 is 2.95 bits per heavy atom. The van der Waals surface area contributed by atoms with Gasteiger partial charge in [0, 0.05) is 18.2 Å². The number of oxazole rings is 1. The summed E-state index contributed by atoms with van der Waals surface area (Å²) in [5.41, 5.74) is 1.85. The lowest BCUT2D eigenvalue weighted by atomic mass is 10.3. The second-order valence-corrected chi connectivity index (χ2v) is 4.19. The van der Waals surface area contributed by atoms with Gasteiger partial charge in [0.15, 0.2) is 18.0 Å². The smallest absolute Gasteiger partial charge is 0.271 e. The van der Waals surface area contributed by atoms with E-state index in [9.17, 15) is 10.1 Å². The molecular weight excluding hydrogens is 246 g/mol. The van der Waals surface area contributed by atoms with Gasteiger partial charge < -0.3 is 4.42 Å². The highest BCUT2D eigenvalue weighted by Crippen LogP contribution is 2.26. The highest BCUT2D eigenvalue weighted by atomic mass is 16.6. The van der Waals surface area contributed by atoms with Crippen LogP contribution < -0.4 is 4.57 Å². The normalized spacial score (nSPS) is 10.8. The number of aryl methyl sites for hydroxylation is 1. The summed E-state index contributed by atoms with van der Waals surface area (Å²) in [6.07, 6.45) is 3.77. The number of nitro groups is 1. The van der Waals surface area contributed by atoms with E-state index in [2.05, 4.69) is 4.98 Å². The van der Waals surface area contributed by atoms with Crippen molar-refractivity contribution >= 4 is 16.8 Å². The van der Waals surface area contributed by atoms with E-state index < -0.39 is 4.92 Å². The second kappa shape index (κ2) is 4.16. The first kappa shape index (κ1) is 11.3. The molecule has 0 aliphatic rings. The molecule has 0 saturated carbocycles. The number of hydrogen-bond donors (Lipinski definition) is 0. The van der Waals surface area contributed by atoms with Crippen LogP contribution in [0.5, 0.6) is 0 Å². The van der Waals surface area contributed by atoms with Gasteiger partial charge in [-0.3, -0.25) is 10.1 Å². The molecule has 0 atom stereocenters. The molecule has 0 aliphatic carbocycles. The summed E-state index contributed by atoms with van der Waals surface area (Å²) in [6.45, 7) is 0. The van der Waals surface area contributed by atoms with Gasteiger partial charge in [-0.15, -0.1) is 0 Å². The third kappa shape index (κ3) is 2.03. The van der Waals surface area contributed by atoms with E-state index in [1.54, 1.807) is 6.07 Å². The molecule has 0 N–H and O–H groups in total. The van der Waals surface area contributed by atoms with E-state index in [0.717, 1.165) is 5.56 Å². The predicted octanol–water partition coefficient (Wildman–Crippen LogP) is 2.23. The lowest BCUT2D eigenvalue weighted by molar-refractivity contribution is -0.671. The summed E-state index contributed by atoms with van der Waals surface area (Å²) < 4.78 is 7.48. The third-order valence-electron chi connectivity index (χ3n) is 2.77. The summed E-state index contributed by atoms with van der Waals surface area (Å²) in [6, 6.07) is 8.13. The molecule has 0 radical (unpaired) electrons. The number of aromatic nitrogens is 2. The number of nitrogens with zero attached hydrogens (tertiary/aromatic N) is 3. The predicted molar refractivity (Wildman–Crippen MR) is 67.3 cm³/mol. The Hall–Kier alpha value is -2.76. The Labute approximate surface area is 108 Å². The summed E-state index contributed by atoms with van der Waals surface area (Å²) in [5, 5.41) is 10.7. The van der Waals surface area contributed by atoms with Crippen LogP contribution in [0.1, 0.15) is 0 Å². The van der Waals surface area contributed by atoms with Crippen molar-refractivity contribution in [3.63, 3.8) is 0 Å². The van der Waals surface area contributed by atoms with Crippen LogP contribution in [0.4, 0.5) is 5.69 Å². The highest BCUT2D eigenvalue weighted by Gasteiger charge is 2.14. The lowest BCUT2D eigenvalue weighted by Gasteiger charge is -1.91. The van der Waals surface area contributed by atoms with Crippen molar-refractivity contribution in [3.8, 4) is 11.5 Å². The van der Waals surface area contributed by atoms with Crippen molar-refractivity contribution in [2.45, 2.75) is 0 Å². The fourth-order valence-electron chi connectivity index (χ4n) is 1.87. The van der Waals surface area contributed by atoms with Crippen LogP contribution in [0.3, 0.4) is 0 Å². The number of hydrogen-bond acceptors (Lipinski definition) is 4. The molecule has 2 heterocycles. The Balaban J connectivity index is 2.14. The Morgan fingerprint density at radius 1 is 1.37 bits per heavy atom. The van der Waals surface area contributed by atoms with E-state index in [1.165, 1.54) is 12.1 Å². The number of rotatable bonds is 2. The summed E-state index contributed by atoms with van der Waals surface area (Å²) in [7, 11) is 1.90. The second-order valence-electron chi connectivity index (χ2n) is 4.19. The van der Waals surface area contributed by atoms with Gasteiger partial charge in [0.05, 0.1) is 4.92 Å². The zero-order chi connectivity index (χ0) is 13.4. The molecule has 0 saturated heterocycles. The Kier molecular flexibility index (Phi) is 2.49. The van der Waals surface area contributed by atoms with Gasteiger partial charge >= 0.3 is 0 Å². The minimum Gasteiger partial charge on any atom is -0.436 e. The van der Waals surface area contributed by atoms with E-state index in [4.69, 9.17) is 4.42 Å². The van der Waals surface area contributed by atoms with E-state index in [1.807, 2.05) is 36.1 Å². The van der Waals surface area contributed by atoms with Crippen molar-refractivity contribution in [3.05, 3.63) is 52.8 Å². The zero-order valence-corrected chi connectivity index (χ0v) is 10.1. The maximum absolute atomic E-state index is 10.7. The van der Waals surface area contributed by atoms with Crippen molar-refractivity contribution in [2.24, 2.45) is 7.05 Å². The van der Waals surface area contributed by atoms with Crippen molar-refractivity contribution in [1.29, 1.82) is 0 Å². The SMILES string of the molecule is C[n+]1cccc(-c2nc3cc([N+](=O)[O-])ccc3o2)c1. The number of benzene rings is 1. The highest BCUT2D eigenvalue weighted by molar-refractivity contribution is 5.78. The number of nitro benzene ring substituents is 1. The van der Waals surface area contributed by atoms with Gasteiger partial charge in [-0.25, -0.2) is 9.55 Å². The molecular formula is C13H10N3O3+. The maximum Gasteiger partial charge on any atom is 0.271 e. The molecule has 3 rings (SSSR count). The van der Waals surface area contributed by atoms with E-state index in [-0.39, 0.29) is 5.69 Å². The Bertz CT molecular complexity index is 780. The molecule has 2 aromatic heterocycles. The number of fused-ring (bicyclic) bond motifs is 1. The lowest BCUT2D eigenvalue weighted by Crippen LogP contribution is -2.26. The molecule has 6 nitrogen and oxygen atoms in total. The summed E-state index contributed by atoms with van der Waals surface area (Å²) in [5.74, 6) is 0.451. The topological polar surface area (TPSA) is 73.0 Å². The van der Waals surface area contributed by atoms with Gasteiger partial charge in [0.2, 0.25) is 5.89 Å². The minimum atomic E-state index is -0.448. The molecule has 6 heteroatoms. The van der Waals surface area contributed by atoms with Gasteiger partial charge in [-0.05, 0) is 12.1 Å². The molecule has 0 fully saturated rings. The van der Waals surface area contributed by atoms with E-state index in [0.29, 0.717) is 17.0 Å². The standard InChI is InChI=1S/C13H10N3O3/c1-15-6-2-3-9(8-15)13-14-11-7-10(16(17)18)4-5-12(11)19-13/h2-8H,1H3/q+1. The Morgan fingerprint density at radius 2 is 2.21 bits per heavy atom. The first-order valence-corrected chi connectivity index (χ1v) is 5.64. The molecule has 94 valence electrons. The quantitative estimate of drug-likeness (QED) is 0.400. The molecule has 0 amide bonds. The largest absolute Gasteiger partial charge is 0.436 e. The van der Waals surface area contributed by atoms with Crippen LogP contribution in [0.2, 0.25) is 0 Å². The van der Waals surface area contributed by atoms with Crippen LogP contribution in [0.15, 0.2) is 47.1 Å². The first-order valence-electron chi connectivity index (χ1n) is 5.64. The van der Waals surface area contributed by atoms with Crippen molar-refractivity contribution < 1.29 is 13.9 Å². The molecule has 0 unspecified atom stereocenters. The number of pyridine rings is 1. The van der Waals surface area contributed by atoms with E-state index >= 15 is 0 Å². The maximum atomic E-state index is 10.7. The van der Waals surface area contributed by atoms with Crippen LogP contribution in [0.25, 0.3) is 22.6 Å². The third-order valence-corrected chi connectivity index (χ3v) is 2.77. The average molecular weight is 256 g/mol. The van der Waals surface area contributed by atoms with Gasteiger partial charge in [0.1, 0.15) is 18.1 Å². The fraction of sp³-hybridized carbons (Fsp3) is 0.0769. The monoisotopic (exact) mass is 256 g/mol.